The van der Waals surface area contributed by atoms with Gasteiger partial charge in [-0.25, -0.2) is 0 Å². The minimum Gasteiger partial charge on any atom is -0.370 e. The van der Waals surface area contributed by atoms with E-state index in [1.807, 2.05) is 6.92 Å². The van der Waals surface area contributed by atoms with E-state index in [1.54, 1.807) is 0 Å². The molecule has 0 bridgehead atoms. The number of guanidine groups is 2. The van der Waals surface area contributed by atoms with Crippen molar-refractivity contribution in [1.29, 1.82) is 10.8 Å². The molecule has 0 spiro atoms. The normalized spacial score (nSPS) is 8.93. The van der Waals surface area contributed by atoms with Gasteiger partial charge in [0.25, 0.3) is 0 Å². The van der Waals surface area contributed by atoms with Crippen molar-refractivity contribution in [3.8, 4) is 0 Å². The predicted molar refractivity (Wildman–Crippen MR) is 66.8 cm³/mol. The summed E-state index contributed by atoms with van der Waals surface area (Å²) >= 11 is 0. The monoisotopic (exact) mass is 235 g/mol. The van der Waals surface area contributed by atoms with Crippen molar-refractivity contribution in [2.24, 2.45) is 5.73 Å². The summed E-state index contributed by atoms with van der Waals surface area (Å²) in [7, 11) is 0. The van der Waals surface area contributed by atoms with Crippen LogP contribution in [-0.2, 0) is 0 Å². The van der Waals surface area contributed by atoms with Crippen molar-refractivity contribution < 1.29 is 0 Å². The average Bonchev–Trinajstić information content (AvgIpc) is 2.13. The number of hydrogen-bond acceptors (Lipinski definition) is 2. The van der Waals surface area contributed by atoms with E-state index in [0.717, 1.165) is 25.8 Å². The number of nitrogens with one attached hydrogen (secondary N) is 3. The largest absolute Gasteiger partial charge is 0.370 e. The highest BCUT2D eigenvalue weighted by molar-refractivity contribution is 5.94. The lowest BCUT2D eigenvalue weighted by Crippen LogP contribution is -2.47. The van der Waals surface area contributed by atoms with E-state index in [-0.39, 0.29) is 24.3 Å². The molecule has 0 fully saturated rings. The summed E-state index contributed by atoms with van der Waals surface area (Å²) in [5.74, 6) is 0.161. The van der Waals surface area contributed by atoms with Crippen LogP contribution in [0.15, 0.2) is 0 Å². The highest BCUT2D eigenvalue weighted by atomic mass is 35.5. The fourth-order valence-corrected chi connectivity index (χ4v) is 1.06. The Labute approximate surface area is 97.8 Å². The Morgan fingerprint density at radius 2 is 1.87 bits per heavy atom. The summed E-state index contributed by atoms with van der Waals surface area (Å²) in [5.41, 5.74) is 5.36. The number of unbranched alkanes of at least 4 members (excludes halogenated alkanes) is 1. The second-order valence-corrected chi connectivity index (χ2v) is 3.17. The zero-order chi connectivity index (χ0) is 11.0. The number of hydrogen-bond donors (Lipinski definition) is 4. The molecule has 5 N–H and O–H groups in total. The van der Waals surface area contributed by atoms with Crippen LogP contribution in [0.5, 0.6) is 0 Å². The Balaban J connectivity index is 0. The lowest BCUT2D eigenvalue weighted by molar-refractivity contribution is 0.550. The van der Waals surface area contributed by atoms with Crippen LogP contribution in [0.2, 0.25) is 0 Å². The maximum atomic E-state index is 7.65. The molecule has 0 saturated carbocycles. The van der Waals surface area contributed by atoms with Gasteiger partial charge in [0.05, 0.1) is 0 Å². The number of nitrogens with two attached hydrogens (primary N) is 1. The van der Waals surface area contributed by atoms with Crippen LogP contribution in [0.1, 0.15) is 33.1 Å². The van der Waals surface area contributed by atoms with Gasteiger partial charge >= 0.3 is 0 Å². The van der Waals surface area contributed by atoms with Gasteiger partial charge in [-0.1, -0.05) is 20.3 Å². The molecule has 0 aliphatic heterocycles. The molecule has 0 radical (unpaired) electrons. The van der Waals surface area contributed by atoms with Crippen molar-refractivity contribution in [3.63, 3.8) is 0 Å². The summed E-state index contributed by atoms with van der Waals surface area (Å²) in [6.07, 6.45) is 2.99. The van der Waals surface area contributed by atoms with Crippen molar-refractivity contribution in [3.05, 3.63) is 0 Å². The molecule has 0 aliphatic carbocycles. The molecule has 5 nitrogen and oxygen atoms in total. The van der Waals surface area contributed by atoms with Crippen molar-refractivity contribution >= 4 is 24.3 Å². The maximum absolute atomic E-state index is 7.65. The van der Waals surface area contributed by atoms with Crippen molar-refractivity contribution in [2.75, 3.05) is 13.1 Å². The van der Waals surface area contributed by atoms with Crippen molar-refractivity contribution in [2.45, 2.75) is 33.1 Å². The predicted octanol–water partition coefficient (Wildman–Crippen LogP) is 1.34. The zero-order valence-corrected chi connectivity index (χ0v) is 10.3. The smallest absolute Gasteiger partial charge is 0.197 e. The molecule has 0 rings (SSSR count). The molecule has 0 aromatic carbocycles. The summed E-state index contributed by atoms with van der Waals surface area (Å²) in [6, 6.07) is 0. The molecule has 0 saturated heterocycles. The summed E-state index contributed by atoms with van der Waals surface area (Å²) in [5, 5.41) is 17.9. The van der Waals surface area contributed by atoms with E-state index >= 15 is 0 Å². The van der Waals surface area contributed by atoms with Gasteiger partial charge in [-0.2, -0.15) is 0 Å². The van der Waals surface area contributed by atoms with E-state index in [1.165, 1.54) is 4.90 Å². The first-order valence-electron chi connectivity index (χ1n) is 5.07. The number of halogens is 1. The summed E-state index contributed by atoms with van der Waals surface area (Å²) in [4.78, 5) is 1.47. The van der Waals surface area contributed by atoms with Crippen molar-refractivity contribution in [1.82, 2.24) is 10.2 Å². The van der Waals surface area contributed by atoms with Crippen LogP contribution >= 0.6 is 12.4 Å². The number of rotatable bonds is 5. The van der Waals surface area contributed by atoms with Gasteiger partial charge in [-0.05, 0) is 12.8 Å². The van der Waals surface area contributed by atoms with E-state index in [4.69, 9.17) is 16.6 Å². The second kappa shape index (κ2) is 9.58. The fraction of sp³-hybridized carbons (Fsp3) is 0.778. The highest BCUT2D eigenvalue weighted by Gasteiger charge is 2.10. The minimum absolute atomic E-state index is 0. The Morgan fingerprint density at radius 1 is 1.27 bits per heavy atom. The molecule has 0 heterocycles. The first-order valence-corrected chi connectivity index (χ1v) is 5.07. The Kier molecular flexibility index (Phi) is 10.5. The van der Waals surface area contributed by atoms with Gasteiger partial charge in [0.1, 0.15) is 0 Å². The van der Waals surface area contributed by atoms with Gasteiger partial charge in [-0.3, -0.25) is 15.7 Å². The summed E-state index contributed by atoms with van der Waals surface area (Å²) < 4.78 is 0. The maximum Gasteiger partial charge on any atom is 0.197 e. The molecule has 0 aromatic heterocycles. The number of nitrogens with zero attached hydrogens (tertiary/aromatic N) is 1. The SMILES string of the molecule is CCCCNC(=N)N(CCC)C(=N)N.Cl. The van der Waals surface area contributed by atoms with E-state index in [2.05, 4.69) is 12.2 Å². The third kappa shape index (κ3) is 7.02. The molecule has 0 unspecified atom stereocenters. The first-order chi connectivity index (χ1) is 6.63. The third-order valence-corrected chi connectivity index (χ3v) is 1.83. The zero-order valence-electron chi connectivity index (χ0n) is 9.47. The fourth-order valence-electron chi connectivity index (χ4n) is 1.06. The molecular weight excluding hydrogens is 214 g/mol. The van der Waals surface area contributed by atoms with Crippen LogP contribution in [0.4, 0.5) is 0 Å². The molecule has 15 heavy (non-hydrogen) atoms. The van der Waals surface area contributed by atoms with Crippen LogP contribution in [0.3, 0.4) is 0 Å². The minimum atomic E-state index is -0.0687. The van der Waals surface area contributed by atoms with Gasteiger partial charge in [0.15, 0.2) is 11.9 Å². The molecule has 0 aromatic rings. The van der Waals surface area contributed by atoms with Gasteiger partial charge in [-0.15, -0.1) is 12.4 Å². The van der Waals surface area contributed by atoms with Gasteiger partial charge < -0.3 is 11.1 Å². The second-order valence-electron chi connectivity index (χ2n) is 3.17. The Morgan fingerprint density at radius 3 is 2.27 bits per heavy atom. The standard InChI is InChI=1S/C9H21N5.ClH/c1-3-5-6-13-9(12)14(7-4-2)8(10)11;/h3-7H2,1-2H3,(H3,10,11)(H2,12,13);1H. The highest BCUT2D eigenvalue weighted by Crippen LogP contribution is 1.91. The average molecular weight is 236 g/mol. The molecule has 6 heteroatoms. The van der Waals surface area contributed by atoms with Crippen LogP contribution in [0.25, 0.3) is 0 Å². The van der Waals surface area contributed by atoms with E-state index < -0.39 is 0 Å². The molecule has 0 aliphatic rings. The van der Waals surface area contributed by atoms with Gasteiger partial charge in [0.2, 0.25) is 0 Å². The Hall–Kier alpha value is -0.970. The van der Waals surface area contributed by atoms with Crippen LogP contribution < -0.4 is 11.1 Å². The topological polar surface area (TPSA) is 89.0 Å². The molecule has 0 amide bonds. The first kappa shape index (κ1) is 16.5. The van der Waals surface area contributed by atoms with Gasteiger partial charge in [0, 0.05) is 13.1 Å². The van der Waals surface area contributed by atoms with E-state index in [0.29, 0.717) is 6.54 Å². The van der Waals surface area contributed by atoms with Crippen LogP contribution in [-0.4, -0.2) is 29.9 Å². The Bertz CT molecular complexity index is 195. The third-order valence-electron chi connectivity index (χ3n) is 1.83. The van der Waals surface area contributed by atoms with Crippen LogP contribution in [0, 0.1) is 10.8 Å². The lowest BCUT2D eigenvalue weighted by atomic mass is 10.3. The molecule has 0 atom stereocenters. The quantitative estimate of drug-likeness (QED) is 0.329. The summed E-state index contributed by atoms with van der Waals surface area (Å²) in [6.45, 7) is 5.48. The van der Waals surface area contributed by atoms with E-state index in [9.17, 15) is 0 Å². The molecule has 90 valence electrons. The lowest BCUT2D eigenvalue weighted by Gasteiger charge is -2.22. The molecular formula is C9H22ClN5.